The van der Waals surface area contributed by atoms with Gasteiger partial charge in [0.2, 0.25) is 0 Å². The summed E-state index contributed by atoms with van der Waals surface area (Å²) in [6.45, 7) is -0.292. The highest BCUT2D eigenvalue weighted by molar-refractivity contribution is 6.05. The summed E-state index contributed by atoms with van der Waals surface area (Å²) in [4.78, 5) is 34.3. The van der Waals surface area contributed by atoms with Crippen LogP contribution >= 0.6 is 0 Å². The van der Waals surface area contributed by atoms with Gasteiger partial charge in [-0.15, -0.1) is 0 Å². The SMILES string of the molecule is NC(=O)COc1cccc(NC(=O)c2ccc(Nc3ccccc3)c([N+](=O)[O-])c2)c1. The van der Waals surface area contributed by atoms with Crippen LogP contribution in [0.4, 0.5) is 22.7 Å². The molecular weight excluding hydrogens is 388 g/mol. The fraction of sp³-hybridized carbons (Fsp3) is 0.0476. The van der Waals surface area contributed by atoms with Gasteiger partial charge in [0, 0.05) is 29.1 Å². The Labute approximate surface area is 171 Å². The molecule has 4 N–H and O–H groups in total. The molecule has 9 heteroatoms. The van der Waals surface area contributed by atoms with Crippen molar-refractivity contribution in [3.8, 4) is 5.75 Å². The number of carbonyl (C=O) groups is 2. The van der Waals surface area contributed by atoms with Crippen LogP contribution in [0.25, 0.3) is 0 Å². The minimum atomic E-state index is -0.624. The monoisotopic (exact) mass is 406 g/mol. The molecule has 0 fully saturated rings. The number of para-hydroxylation sites is 1. The molecule has 3 aromatic carbocycles. The molecule has 0 unspecified atom stereocenters. The van der Waals surface area contributed by atoms with Crippen LogP contribution < -0.4 is 21.1 Å². The molecule has 0 aliphatic heterocycles. The summed E-state index contributed by atoms with van der Waals surface area (Å²) < 4.78 is 5.19. The Hall–Kier alpha value is -4.40. The molecule has 0 saturated carbocycles. The third-order valence-electron chi connectivity index (χ3n) is 3.98. The van der Waals surface area contributed by atoms with Crippen molar-refractivity contribution in [3.63, 3.8) is 0 Å². The van der Waals surface area contributed by atoms with Gasteiger partial charge in [-0.3, -0.25) is 19.7 Å². The van der Waals surface area contributed by atoms with Gasteiger partial charge < -0.3 is 21.1 Å². The lowest BCUT2D eigenvalue weighted by Gasteiger charge is -2.10. The maximum Gasteiger partial charge on any atom is 0.293 e. The molecule has 0 aliphatic carbocycles. The number of nitrogens with two attached hydrogens (primary N) is 1. The number of carbonyl (C=O) groups excluding carboxylic acids is 2. The zero-order valence-corrected chi connectivity index (χ0v) is 15.7. The number of nitrogens with zero attached hydrogens (tertiary/aromatic N) is 1. The second-order valence-electron chi connectivity index (χ2n) is 6.22. The molecule has 0 heterocycles. The number of rotatable bonds is 8. The lowest BCUT2D eigenvalue weighted by atomic mass is 10.1. The molecule has 0 aliphatic rings. The number of anilines is 3. The van der Waals surface area contributed by atoms with Crippen LogP contribution in [0.3, 0.4) is 0 Å². The standard InChI is InChI=1S/C21H18N4O5/c22-20(26)13-30-17-8-4-7-16(12-17)24-21(27)14-9-10-18(19(11-14)25(28)29)23-15-5-2-1-3-6-15/h1-12,23H,13H2,(H2,22,26)(H,24,27). The molecule has 0 bridgehead atoms. The number of nitro groups is 1. The smallest absolute Gasteiger partial charge is 0.293 e. The van der Waals surface area contributed by atoms with Gasteiger partial charge in [0.05, 0.1) is 4.92 Å². The zero-order chi connectivity index (χ0) is 21.5. The minimum Gasteiger partial charge on any atom is -0.484 e. The van der Waals surface area contributed by atoms with E-state index in [0.29, 0.717) is 17.1 Å². The molecule has 0 aromatic heterocycles. The van der Waals surface area contributed by atoms with Gasteiger partial charge in [-0.1, -0.05) is 24.3 Å². The summed E-state index contributed by atoms with van der Waals surface area (Å²) in [5.74, 6) is -0.808. The molecule has 0 radical (unpaired) electrons. The Morgan fingerprint density at radius 3 is 2.40 bits per heavy atom. The first-order chi connectivity index (χ1) is 14.4. The van der Waals surface area contributed by atoms with Crippen molar-refractivity contribution in [2.45, 2.75) is 0 Å². The molecule has 3 aromatic rings. The van der Waals surface area contributed by atoms with E-state index in [1.807, 2.05) is 6.07 Å². The normalized spacial score (nSPS) is 10.1. The molecule has 0 atom stereocenters. The van der Waals surface area contributed by atoms with E-state index in [1.165, 1.54) is 24.3 Å². The number of amides is 2. The Kier molecular flexibility index (Phi) is 6.23. The van der Waals surface area contributed by atoms with E-state index in [9.17, 15) is 19.7 Å². The average molecular weight is 406 g/mol. The van der Waals surface area contributed by atoms with Crippen molar-refractivity contribution in [1.82, 2.24) is 0 Å². The summed E-state index contributed by atoms with van der Waals surface area (Å²) in [5.41, 5.74) is 6.28. The number of ether oxygens (including phenoxy) is 1. The van der Waals surface area contributed by atoms with E-state index in [1.54, 1.807) is 42.5 Å². The van der Waals surface area contributed by atoms with E-state index in [-0.39, 0.29) is 23.5 Å². The maximum absolute atomic E-state index is 12.6. The van der Waals surface area contributed by atoms with E-state index in [4.69, 9.17) is 10.5 Å². The lowest BCUT2D eigenvalue weighted by molar-refractivity contribution is -0.383. The van der Waals surface area contributed by atoms with E-state index < -0.39 is 16.7 Å². The van der Waals surface area contributed by atoms with Crippen LogP contribution in [-0.4, -0.2) is 23.3 Å². The first kappa shape index (κ1) is 20.3. The fourth-order valence-corrected chi connectivity index (χ4v) is 2.63. The average Bonchev–Trinajstić information content (AvgIpc) is 2.73. The van der Waals surface area contributed by atoms with Crippen LogP contribution in [0.15, 0.2) is 72.8 Å². The van der Waals surface area contributed by atoms with Crippen molar-refractivity contribution in [3.05, 3.63) is 88.5 Å². The number of nitro benzene ring substituents is 1. The Balaban J connectivity index is 1.78. The number of nitrogens with one attached hydrogen (secondary N) is 2. The van der Waals surface area contributed by atoms with Gasteiger partial charge in [-0.05, 0) is 36.4 Å². The third-order valence-corrected chi connectivity index (χ3v) is 3.98. The predicted octanol–water partition coefficient (Wildman–Crippen LogP) is 3.45. The molecule has 9 nitrogen and oxygen atoms in total. The highest BCUT2D eigenvalue weighted by Crippen LogP contribution is 2.29. The van der Waals surface area contributed by atoms with Crippen LogP contribution in [0, 0.1) is 10.1 Å². The molecule has 0 spiro atoms. The van der Waals surface area contributed by atoms with Crippen LogP contribution in [0.5, 0.6) is 5.75 Å². The van der Waals surface area contributed by atoms with Crippen molar-refractivity contribution in [1.29, 1.82) is 0 Å². The van der Waals surface area contributed by atoms with Crippen LogP contribution in [0.1, 0.15) is 10.4 Å². The molecule has 2 amide bonds. The maximum atomic E-state index is 12.6. The van der Waals surface area contributed by atoms with Crippen molar-refractivity contribution >= 4 is 34.6 Å². The summed E-state index contributed by atoms with van der Waals surface area (Å²) >= 11 is 0. The topological polar surface area (TPSA) is 137 Å². The van der Waals surface area contributed by atoms with Gasteiger partial charge in [0.25, 0.3) is 17.5 Å². The van der Waals surface area contributed by atoms with Crippen molar-refractivity contribution < 1.29 is 19.2 Å². The summed E-state index contributed by atoms with van der Waals surface area (Å²) in [6.07, 6.45) is 0. The highest BCUT2D eigenvalue weighted by atomic mass is 16.6. The molecule has 0 saturated heterocycles. The Bertz CT molecular complexity index is 1090. The summed E-state index contributed by atoms with van der Waals surface area (Å²) in [6, 6.07) is 19.5. The van der Waals surface area contributed by atoms with Gasteiger partial charge in [0.15, 0.2) is 6.61 Å². The lowest BCUT2D eigenvalue weighted by Crippen LogP contribution is -2.20. The van der Waals surface area contributed by atoms with Gasteiger partial charge in [-0.2, -0.15) is 0 Å². The van der Waals surface area contributed by atoms with Gasteiger partial charge >= 0.3 is 0 Å². The fourth-order valence-electron chi connectivity index (χ4n) is 2.63. The Morgan fingerprint density at radius 1 is 0.967 bits per heavy atom. The highest BCUT2D eigenvalue weighted by Gasteiger charge is 2.18. The summed E-state index contributed by atoms with van der Waals surface area (Å²) in [5, 5.41) is 17.1. The quantitative estimate of drug-likeness (QED) is 0.387. The van der Waals surface area contributed by atoms with Crippen LogP contribution in [0.2, 0.25) is 0 Å². The second-order valence-corrected chi connectivity index (χ2v) is 6.22. The second kappa shape index (κ2) is 9.20. The van der Waals surface area contributed by atoms with Gasteiger partial charge in [-0.25, -0.2) is 0 Å². The van der Waals surface area contributed by atoms with Crippen molar-refractivity contribution in [2.24, 2.45) is 5.73 Å². The van der Waals surface area contributed by atoms with E-state index >= 15 is 0 Å². The molecule has 3 rings (SSSR count). The molecular formula is C21H18N4O5. The number of hydrogen-bond acceptors (Lipinski definition) is 6. The minimum absolute atomic E-state index is 0.115. The first-order valence-electron chi connectivity index (χ1n) is 8.85. The molecule has 152 valence electrons. The zero-order valence-electron chi connectivity index (χ0n) is 15.7. The Morgan fingerprint density at radius 2 is 1.70 bits per heavy atom. The number of primary amides is 1. The third kappa shape index (κ3) is 5.32. The van der Waals surface area contributed by atoms with E-state index in [2.05, 4.69) is 10.6 Å². The molecule has 30 heavy (non-hydrogen) atoms. The predicted molar refractivity (Wildman–Crippen MR) is 112 cm³/mol. The largest absolute Gasteiger partial charge is 0.484 e. The van der Waals surface area contributed by atoms with Crippen molar-refractivity contribution in [2.75, 3.05) is 17.2 Å². The van der Waals surface area contributed by atoms with Crippen LogP contribution in [-0.2, 0) is 4.79 Å². The van der Waals surface area contributed by atoms with E-state index in [0.717, 1.165) is 0 Å². The first-order valence-corrected chi connectivity index (χ1v) is 8.85. The number of benzene rings is 3. The van der Waals surface area contributed by atoms with Gasteiger partial charge in [0.1, 0.15) is 11.4 Å². The summed E-state index contributed by atoms with van der Waals surface area (Å²) in [7, 11) is 0. The number of hydrogen-bond donors (Lipinski definition) is 3.